The van der Waals surface area contributed by atoms with Crippen LogP contribution in [0.1, 0.15) is 26.3 Å². The van der Waals surface area contributed by atoms with E-state index < -0.39 is 0 Å². The molecule has 0 saturated heterocycles. The monoisotopic (exact) mass is 266 g/mol. The zero-order valence-corrected chi connectivity index (χ0v) is 12.4. The van der Waals surface area contributed by atoms with Gasteiger partial charge in [-0.15, -0.1) is 0 Å². The third kappa shape index (κ3) is 2.15. The number of hydrogen-bond donors (Lipinski definition) is 2. The Morgan fingerprint density at radius 1 is 0.950 bits per heavy atom. The van der Waals surface area contributed by atoms with Crippen LogP contribution in [0.3, 0.4) is 0 Å². The minimum absolute atomic E-state index is 0.147. The fraction of sp³-hybridized carbons (Fsp3) is 0.333. The first-order valence-corrected chi connectivity index (χ1v) is 7.26. The molecule has 1 aliphatic rings. The van der Waals surface area contributed by atoms with Gasteiger partial charge in [0.05, 0.1) is 6.17 Å². The Morgan fingerprint density at radius 2 is 1.60 bits per heavy atom. The first-order valence-electron chi connectivity index (χ1n) is 7.26. The molecular weight excluding hydrogens is 244 g/mol. The van der Waals surface area contributed by atoms with E-state index in [-0.39, 0.29) is 11.6 Å². The molecule has 104 valence electrons. The van der Waals surface area contributed by atoms with E-state index in [1.807, 2.05) is 6.07 Å². The van der Waals surface area contributed by atoms with Gasteiger partial charge in [-0.25, -0.2) is 0 Å². The quantitative estimate of drug-likeness (QED) is 0.838. The van der Waals surface area contributed by atoms with Crippen molar-refractivity contribution in [1.29, 1.82) is 0 Å². The molecule has 0 bridgehead atoms. The number of anilines is 2. The van der Waals surface area contributed by atoms with Gasteiger partial charge in [-0.2, -0.15) is 0 Å². The second-order valence-corrected chi connectivity index (χ2v) is 6.19. The van der Waals surface area contributed by atoms with Crippen molar-refractivity contribution in [2.45, 2.75) is 32.4 Å². The lowest BCUT2D eigenvalue weighted by Gasteiger charge is -2.45. The maximum atomic E-state index is 3.64. The molecule has 2 heteroatoms. The van der Waals surface area contributed by atoms with E-state index in [2.05, 4.69) is 79.9 Å². The zero-order chi connectivity index (χ0) is 14.2. The maximum Gasteiger partial charge on any atom is 0.0998 e. The summed E-state index contributed by atoms with van der Waals surface area (Å²) in [5, 5.41) is 7.26. The Balaban J connectivity index is 1.92. The summed E-state index contributed by atoms with van der Waals surface area (Å²) in [5.41, 5.74) is 3.95. The van der Waals surface area contributed by atoms with Crippen molar-refractivity contribution in [3.8, 4) is 0 Å². The van der Waals surface area contributed by atoms with Crippen molar-refractivity contribution >= 4 is 11.4 Å². The van der Waals surface area contributed by atoms with Crippen LogP contribution in [0.2, 0.25) is 0 Å². The molecule has 0 aliphatic carbocycles. The maximum absolute atomic E-state index is 3.64. The van der Waals surface area contributed by atoms with E-state index in [0.717, 1.165) is 5.69 Å². The Kier molecular flexibility index (Phi) is 3.17. The van der Waals surface area contributed by atoms with E-state index >= 15 is 0 Å². The molecule has 2 aromatic rings. The molecule has 3 rings (SSSR count). The number of hydrogen-bond acceptors (Lipinski definition) is 2. The summed E-state index contributed by atoms with van der Waals surface area (Å²) in [4.78, 5) is 0. The Hall–Kier alpha value is -1.96. The number of para-hydroxylation sites is 2. The normalized spacial score (nSPS) is 23.6. The van der Waals surface area contributed by atoms with Crippen LogP contribution >= 0.6 is 0 Å². The zero-order valence-electron chi connectivity index (χ0n) is 12.4. The van der Waals surface area contributed by atoms with Gasteiger partial charge in [0.2, 0.25) is 0 Å². The highest BCUT2D eigenvalue weighted by Crippen LogP contribution is 2.42. The van der Waals surface area contributed by atoms with Gasteiger partial charge in [-0.05, 0) is 29.2 Å². The smallest absolute Gasteiger partial charge is 0.0998 e. The number of benzene rings is 2. The van der Waals surface area contributed by atoms with Crippen LogP contribution in [0.5, 0.6) is 0 Å². The highest BCUT2D eigenvalue weighted by Gasteiger charge is 2.39. The Morgan fingerprint density at radius 3 is 2.35 bits per heavy atom. The predicted molar refractivity (Wildman–Crippen MR) is 86.1 cm³/mol. The molecule has 0 saturated carbocycles. The summed E-state index contributed by atoms with van der Waals surface area (Å²) in [5.74, 6) is 0.484. The summed E-state index contributed by atoms with van der Waals surface area (Å²) in [6.45, 7) is 6.97. The number of fused-ring (bicyclic) bond motifs is 1. The van der Waals surface area contributed by atoms with Crippen molar-refractivity contribution in [1.82, 2.24) is 0 Å². The van der Waals surface area contributed by atoms with E-state index in [4.69, 9.17) is 0 Å². The van der Waals surface area contributed by atoms with E-state index in [1.165, 1.54) is 11.3 Å². The Bertz CT molecular complexity index is 589. The van der Waals surface area contributed by atoms with Gasteiger partial charge >= 0.3 is 0 Å². The second kappa shape index (κ2) is 4.86. The molecule has 0 fully saturated rings. The highest BCUT2D eigenvalue weighted by molar-refractivity contribution is 5.60. The lowest BCUT2D eigenvalue weighted by molar-refractivity contribution is 0.305. The molecule has 2 unspecified atom stereocenters. The first-order chi connectivity index (χ1) is 9.59. The molecule has 0 amide bonds. The molecule has 20 heavy (non-hydrogen) atoms. The topological polar surface area (TPSA) is 24.1 Å². The first kappa shape index (κ1) is 13.0. The summed E-state index contributed by atoms with van der Waals surface area (Å²) >= 11 is 0. The largest absolute Gasteiger partial charge is 0.365 e. The molecule has 0 radical (unpaired) electrons. The van der Waals surface area contributed by atoms with Gasteiger partial charge in [0.1, 0.15) is 0 Å². The molecule has 2 N–H and O–H groups in total. The summed E-state index contributed by atoms with van der Waals surface area (Å²) in [7, 11) is 0. The molecule has 2 atom stereocenters. The van der Waals surface area contributed by atoms with Crippen molar-refractivity contribution in [3.05, 3.63) is 60.2 Å². The van der Waals surface area contributed by atoms with Crippen LogP contribution in [0.15, 0.2) is 54.6 Å². The number of rotatable bonds is 2. The third-order valence-electron chi connectivity index (χ3n) is 4.67. The lowest BCUT2D eigenvalue weighted by Crippen LogP contribution is -2.48. The van der Waals surface area contributed by atoms with Crippen LogP contribution in [-0.2, 0) is 5.41 Å². The Labute approximate surface area is 121 Å². The summed E-state index contributed by atoms with van der Waals surface area (Å²) < 4.78 is 0. The molecule has 2 aromatic carbocycles. The summed E-state index contributed by atoms with van der Waals surface area (Å²) in [6.07, 6.45) is 0.238. The van der Waals surface area contributed by atoms with Crippen LogP contribution in [0.4, 0.5) is 11.4 Å². The van der Waals surface area contributed by atoms with Crippen LogP contribution in [-0.4, -0.2) is 6.17 Å². The molecule has 1 heterocycles. The van der Waals surface area contributed by atoms with E-state index in [1.54, 1.807) is 0 Å². The minimum atomic E-state index is 0.147. The van der Waals surface area contributed by atoms with Gasteiger partial charge in [-0.3, -0.25) is 0 Å². The summed E-state index contributed by atoms with van der Waals surface area (Å²) in [6, 6.07) is 19.0. The average molecular weight is 266 g/mol. The van der Waals surface area contributed by atoms with Gasteiger partial charge in [0.15, 0.2) is 0 Å². The van der Waals surface area contributed by atoms with Gasteiger partial charge < -0.3 is 10.6 Å². The highest BCUT2D eigenvalue weighted by atomic mass is 15.1. The SMILES string of the molecule is CC1C(Nc2ccccc2)Nc2ccccc2C1(C)C. The van der Waals surface area contributed by atoms with Crippen LogP contribution in [0.25, 0.3) is 0 Å². The van der Waals surface area contributed by atoms with Crippen molar-refractivity contribution in [3.63, 3.8) is 0 Å². The molecule has 0 spiro atoms. The van der Waals surface area contributed by atoms with Crippen molar-refractivity contribution in [2.75, 3.05) is 10.6 Å². The third-order valence-corrected chi connectivity index (χ3v) is 4.67. The molecular formula is C18H22N2. The van der Waals surface area contributed by atoms with E-state index in [9.17, 15) is 0 Å². The van der Waals surface area contributed by atoms with Gasteiger partial charge in [-0.1, -0.05) is 57.2 Å². The fourth-order valence-corrected chi connectivity index (χ4v) is 3.00. The average Bonchev–Trinajstić information content (AvgIpc) is 2.46. The lowest BCUT2D eigenvalue weighted by atomic mass is 9.70. The molecule has 0 aromatic heterocycles. The van der Waals surface area contributed by atoms with Crippen LogP contribution < -0.4 is 10.6 Å². The second-order valence-electron chi connectivity index (χ2n) is 6.19. The predicted octanol–water partition coefficient (Wildman–Crippen LogP) is 4.46. The molecule has 1 aliphatic heterocycles. The van der Waals surface area contributed by atoms with Crippen LogP contribution in [0, 0.1) is 5.92 Å². The number of nitrogens with one attached hydrogen (secondary N) is 2. The van der Waals surface area contributed by atoms with Crippen molar-refractivity contribution in [2.24, 2.45) is 5.92 Å². The van der Waals surface area contributed by atoms with Gasteiger partial charge in [0, 0.05) is 17.3 Å². The standard InChI is InChI=1S/C18H22N2/c1-13-17(19-14-9-5-4-6-10-14)20-16-12-8-7-11-15(16)18(13,2)3/h4-13,17,19-20H,1-3H3. The molecule has 2 nitrogen and oxygen atoms in total. The van der Waals surface area contributed by atoms with Gasteiger partial charge in [0.25, 0.3) is 0 Å². The minimum Gasteiger partial charge on any atom is -0.365 e. The van der Waals surface area contributed by atoms with E-state index in [0.29, 0.717) is 5.92 Å². The van der Waals surface area contributed by atoms with Crippen molar-refractivity contribution < 1.29 is 0 Å². The fourth-order valence-electron chi connectivity index (χ4n) is 3.00.